The Morgan fingerprint density at radius 3 is 3.04 bits per heavy atom. The summed E-state index contributed by atoms with van der Waals surface area (Å²) in [6.45, 7) is 1.45. The molecule has 1 saturated heterocycles. The van der Waals surface area contributed by atoms with Gasteiger partial charge < -0.3 is 10.2 Å². The minimum absolute atomic E-state index is 0.0814. The molecule has 25 heavy (non-hydrogen) atoms. The second-order valence-electron chi connectivity index (χ2n) is 6.21. The van der Waals surface area contributed by atoms with Gasteiger partial charge in [-0.3, -0.25) is 4.68 Å². The molecule has 4 rings (SSSR count). The van der Waals surface area contributed by atoms with Gasteiger partial charge in [0.1, 0.15) is 0 Å². The summed E-state index contributed by atoms with van der Waals surface area (Å²) >= 11 is 0. The summed E-state index contributed by atoms with van der Waals surface area (Å²) in [5.74, 6) is 0.348. The summed E-state index contributed by atoms with van der Waals surface area (Å²) in [5, 5.41) is 15.0. The number of urea groups is 1. The Bertz CT molecular complexity index is 871. The number of aryl methyl sites for hydroxylation is 1. The van der Waals surface area contributed by atoms with Crippen molar-refractivity contribution in [3.05, 3.63) is 54.6 Å². The molecule has 2 aromatic heterocycles. The fourth-order valence-electron chi connectivity index (χ4n) is 3.14. The molecule has 0 aliphatic carbocycles. The Balaban J connectivity index is 1.42. The van der Waals surface area contributed by atoms with Crippen LogP contribution in [0.5, 0.6) is 0 Å². The molecule has 0 saturated carbocycles. The maximum Gasteiger partial charge on any atom is 0.321 e. The average Bonchev–Trinajstić information content (AvgIpc) is 3.36. The Morgan fingerprint density at radius 2 is 2.28 bits per heavy atom. The highest BCUT2D eigenvalue weighted by atomic mass is 16.2. The van der Waals surface area contributed by atoms with Crippen molar-refractivity contribution in [1.82, 2.24) is 29.7 Å². The molecular weight excluding hydrogens is 318 g/mol. The molecule has 0 spiro atoms. The van der Waals surface area contributed by atoms with Crippen LogP contribution in [0.1, 0.15) is 17.9 Å². The third kappa shape index (κ3) is 3.23. The summed E-state index contributed by atoms with van der Waals surface area (Å²) in [7, 11) is 1.91. The van der Waals surface area contributed by atoms with Gasteiger partial charge in [0.25, 0.3) is 0 Å². The monoisotopic (exact) mass is 337 g/mol. The van der Waals surface area contributed by atoms with Gasteiger partial charge in [-0.1, -0.05) is 11.3 Å². The Labute approximate surface area is 145 Å². The molecule has 1 N–H and O–H groups in total. The van der Waals surface area contributed by atoms with Crippen molar-refractivity contribution in [2.45, 2.75) is 12.3 Å². The number of likely N-dealkylation sites (tertiary alicyclic amines) is 1. The number of nitrogens with one attached hydrogen (secondary N) is 1. The van der Waals surface area contributed by atoms with E-state index < -0.39 is 0 Å². The lowest BCUT2D eigenvalue weighted by Crippen LogP contribution is -2.32. The zero-order chi connectivity index (χ0) is 17.2. The fraction of sp³-hybridized carbons (Fsp3) is 0.294. The maximum absolute atomic E-state index is 12.6. The first-order valence-corrected chi connectivity index (χ1v) is 8.20. The van der Waals surface area contributed by atoms with Crippen LogP contribution < -0.4 is 5.32 Å². The zero-order valence-corrected chi connectivity index (χ0v) is 13.9. The van der Waals surface area contributed by atoms with Crippen LogP contribution in [0.15, 0.2) is 49.1 Å². The molecule has 1 aromatic carbocycles. The maximum atomic E-state index is 12.6. The number of hydrogen-bond acceptors (Lipinski definition) is 4. The lowest BCUT2D eigenvalue weighted by molar-refractivity contribution is 0.222. The van der Waals surface area contributed by atoms with E-state index in [1.54, 1.807) is 21.8 Å². The average molecular weight is 337 g/mol. The second-order valence-corrected chi connectivity index (χ2v) is 6.21. The first-order valence-electron chi connectivity index (χ1n) is 8.20. The zero-order valence-electron chi connectivity index (χ0n) is 13.9. The molecule has 8 nitrogen and oxygen atoms in total. The highest BCUT2D eigenvalue weighted by molar-refractivity contribution is 5.89. The number of carbonyl (C=O) groups is 1. The van der Waals surface area contributed by atoms with E-state index in [9.17, 15) is 4.79 Å². The van der Waals surface area contributed by atoms with Gasteiger partial charge in [-0.25, -0.2) is 9.48 Å². The number of hydrogen-bond donors (Lipinski definition) is 1. The fourth-order valence-corrected chi connectivity index (χ4v) is 3.14. The molecule has 1 aliphatic heterocycles. The molecule has 1 atom stereocenters. The van der Waals surface area contributed by atoms with Crippen LogP contribution in [-0.2, 0) is 7.05 Å². The second kappa shape index (κ2) is 6.39. The van der Waals surface area contributed by atoms with Gasteiger partial charge in [0.2, 0.25) is 0 Å². The van der Waals surface area contributed by atoms with Crippen LogP contribution >= 0.6 is 0 Å². The normalized spacial score (nSPS) is 17.0. The van der Waals surface area contributed by atoms with Crippen molar-refractivity contribution < 1.29 is 4.79 Å². The lowest BCUT2D eigenvalue weighted by Gasteiger charge is -2.17. The first kappa shape index (κ1) is 15.4. The summed E-state index contributed by atoms with van der Waals surface area (Å²) in [6, 6.07) is 7.46. The molecule has 1 fully saturated rings. The largest absolute Gasteiger partial charge is 0.324 e. The minimum Gasteiger partial charge on any atom is -0.324 e. The minimum atomic E-state index is -0.0814. The number of amides is 2. The van der Waals surface area contributed by atoms with E-state index in [0.717, 1.165) is 24.3 Å². The summed E-state index contributed by atoms with van der Waals surface area (Å²) in [4.78, 5) is 14.4. The molecular formula is C17H19N7O. The van der Waals surface area contributed by atoms with Crippen molar-refractivity contribution in [3.63, 3.8) is 0 Å². The van der Waals surface area contributed by atoms with Crippen LogP contribution in [0.4, 0.5) is 10.5 Å². The number of rotatable bonds is 3. The highest BCUT2D eigenvalue weighted by Crippen LogP contribution is 2.27. The number of carbonyl (C=O) groups excluding carboxylic acids is 1. The van der Waals surface area contributed by atoms with E-state index in [-0.39, 0.29) is 6.03 Å². The lowest BCUT2D eigenvalue weighted by atomic mass is 10.0. The highest BCUT2D eigenvalue weighted by Gasteiger charge is 2.28. The van der Waals surface area contributed by atoms with Gasteiger partial charge in [0.15, 0.2) is 0 Å². The van der Waals surface area contributed by atoms with E-state index >= 15 is 0 Å². The quantitative estimate of drug-likeness (QED) is 0.793. The summed E-state index contributed by atoms with van der Waals surface area (Å²) in [5.41, 5.74) is 2.78. The van der Waals surface area contributed by atoms with Crippen LogP contribution in [0.25, 0.3) is 5.69 Å². The van der Waals surface area contributed by atoms with Crippen LogP contribution in [0, 0.1) is 0 Å². The Kier molecular flexibility index (Phi) is 3.93. The summed E-state index contributed by atoms with van der Waals surface area (Å²) in [6.07, 6.45) is 8.24. The molecule has 0 unspecified atom stereocenters. The van der Waals surface area contributed by atoms with Gasteiger partial charge >= 0.3 is 6.03 Å². The Hall–Kier alpha value is -3.16. The Morgan fingerprint density at radius 1 is 1.36 bits per heavy atom. The van der Waals surface area contributed by atoms with E-state index in [2.05, 4.69) is 20.7 Å². The van der Waals surface area contributed by atoms with Crippen molar-refractivity contribution in [2.24, 2.45) is 7.05 Å². The number of benzene rings is 1. The third-order valence-electron chi connectivity index (χ3n) is 4.46. The topological polar surface area (TPSA) is 80.9 Å². The van der Waals surface area contributed by atoms with Gasteiger partial charge in [-0.2, -0.15) is 5.10 Å². The molecule has 0 bridgehead atoms. The molecule has 1 aliphatic rings. The third-order valence-corrected chi connectivity index (χ3v) is 4.46. The van der Waals surface area contributed by atoms with Gasteiger partial charge in [-0.05, 0) is 30.2 Å². The van der Waals surface area contributed by atoms with E-state index in [4.69, 9.17) is 0 Å². The molecule has 2 amide bonds. The predicted molar refractivity (Wildman–Crippen MR) is 92.5 cm³/mol. The van der Waals surface area contributed by atoms with E-state index in [0.29, 0.717) is 12.5 Å². The summed E-state index contributed by atoms with van der Waals surface area (Å²) < 4.78 is 3.46. The SMILES string of the molecule is Cn1cc([C@H]2CCN(C(=O)Nc3cccc(-n4ccnn4)c3)C2)cn1. The molecule has 8 heteroatoms. The first-order chi connectivity index (χ1) is 12.2. The van der Waals surface area contributed by atoms with E-state index in [1.165, 1.54) is 5.56 Å². The molecule has 3 heterocycles. The van der Waals surface area contributed by atoms with Crippen molar-refractivity contribution in [2.75, 3.05) is 18.4 Å². The molecule has 3 aromatic rings. The van der Waals surface area contributed by atoms with E-state index in [1.807, 2.05) is 48.6 Å². The molecule has 128 valence electrons. The van der Waals surface area contributed by atoms with Crippen LogP contribution in [-0.4, -0.2) is 48.8 Å². The van der Waals surface area contributed by atoms with Crippen LogP contribution in [0.2, 0.25) is 0 Å². The molecule has 0 radical (unpaired) electrons. The number of anilines is 1. The van der Waals surface area contributed by atoms with Gasteiger partial charge in [0, 0.05) is 37.9 Å². The standard InChI is InChI=1S/C17H19N7O/c1-22-11-14(10-19-22)13-5-7-23(12-13)17(25)20-15-3-2-4-16(9-15)24-8-6-18-21-24/h2-4,6,8-11,13H,5,7,12H2,1H3,(H,20,25)/t13-/m0/s1. The van der Waals surface area contributed by atoms with Crippen molar-refractivity contribution in [1.29, 1.82) is 0 Å². The number of nitrogens with zero attached hydrogens (tertiary/aromatic N) is 6. The van der Waals surface area contributed by atoms with Crippen LogP contribution in [0.3, 0.4) is 0 Å². The van der Waals surface area contributed by atoms with Gasteiger partial charge in [-0.15, -0.1) is 5.10 Å². The number of aromatic nitrogens is 5. The predicted octanol–water partition coefficient (Wildman–Crippen LogP) is 2.02. The van der Waals surface area contributed by atoms with Crippen molar-refractivity contribution >= 4 is 11.7 Å². The smallest absolute Gasteiger partial charge is 0.321 e. The van der Waals surface area contributed by atoms with Crippen molar-refractivity contribution in [3.8, 4) is 5.69 Å². The van der Waals surface area contributed by atoms with Gasteiger partial charge in [0.05, 0.1) is 24.3 Å².